The zero-order valence-corrected chi connectivity index (χ0v) is 18.4. The third-order valence-electron chi connectivity index (χ3n) is 6.29. The molecule has 1 aromatic heterocycles. The topological polar surface area (TPSA) is 44.6 Å². The number of likely N-dealkylation sites (tertiary alicyclic amines) is 1. The van der Waals surface area contributed by atoms with Crippen LogP contribution >= 0.6 is 0 Å². The maximum absolute atomic E-state index is 4.97. The molecule has 3 heterocycles. The Morgan fingerprint density at radius 1 is 0.969 bits per heavy atom. The van der Waals surface area contributed by atoms with Gasteiger partial charge in [-0.25, -0.2) is 15.0 Å². The summed E-state index contributed by atoms with van der Waals surface area (Å²) in [6.07, 6.45) is 7.61. The molecule has 2 aromatic carbocycles. The van der Waals surface area contributed by atoms with E-state index in [4.69, 9.17) is 4.99 Å². The number of nitrogens with zero attached hydrogens (tertiary/aromatic N) is 5. The van der Waals surface area contributed by atoms with Crippen LogP contribution in [0.2, 0.25) is 0 Å². The number of allylic oxidation sites excluding steroid dienone is 1. The van der Waals surface area contributed by atoms with Gasteiger partial charge in [-0.05, 0) is 41.7 Å². The number of guanidine groups is 1. The average molecular weight is 422 g/mol. The third kappa shape index (κ3) is 4.06. The summed E-state index contributed by atoms with van der Waals surface area (Å²) in [5.74, 6) is 1.42. The van der Waals surface area contributed by atoms with Crippen LogP contribution in [0.4, 0.5) is 0 Å². The van der Waals surface area contributed by atoms with E-state index in [-0.39, 0.29) is 0 Å². The van der Waals surface area contributed by atoms with Crippen molar-refractivity contribution in [1.82, 2.24) is 19.8 Å². The maximum Gasteiger partial charge on any atom is 0.206 e. The maximum atomic E-state index is 4.97. The highest BCUT2D eigenvalue weighted by atomic mass is 15.4. The van der Waals surface area contributed by atoms with Crippen LogP contribution in [0.3, 0.4) is 0 Å². The van der Waals surface area contributed by atoms with Crippen molar-refractivity contribution in [2.45, 2.75) is 18.8 Å². The highest BCUT2D eigenvalue weighted by Gasteiger charge is 2.28. The minimum Gasteiger partial charge on any atom is -0.342 e. The van der Waals surface area contributed by atoms with Crippen molar-refractivity contribution in [3.05, 3.63) is 103 Å². The Kier molecular flexibility index (Phi) is 5.55. The molecule has 1 fully saturated rings. The lowest BCUT2D eigenvalue weighted by Crippen LogP contribution is -2.47. The van der Waals surface area contributed by atoms with Crippen LogP contribution in [0, 0.1) is 0 Å². The van der Waals surface area contributed by atoms with E-state index in [1.807, 2.05) is 19.2 Å². The molecular formula is C27H27N5. The summed E-state index contributed by atoms with van der Waals surface area (Å²) >= 11 is 0. The van der Waals surface area contributed by atoms with Crippen molar-refractivity contribution in [1.29, 1.82) is 0 Å². The number of hydrogen-bond donors (Lipinski definition) is 0. The lowest BCUT2D eigenvalue weighted by molar-refractivity contribution is 0.284. The Labute approximate surface area is 189 Å². The van der Waals surface area contributed by atoms with Gasteiger partial charge in [0, 0.05) is 37.9 Å². The molecule has 32 heavy (non-hydrogen) atoms. The first-order valence-electron chi connectivity index (χ1n) is 11.1. The summed E-state index contributed by atoms with van der Waals surface area (Å²) in [5, 5.41) is 0. The zero-order chi connectivity index (χ0) is 21.9. The second-order valence-electron chi connectivity index (χ2n) is 8.36. The molecule has 0 aliphatic carbocycles. The van der Waals surface area contributed by atoms with E-state index in [1.165, 1.54) is 23.1 Å². The molecule has 2 aliphatic heterocycles. The Hall–Kier alpha value is -3.73. The van der Waals surface area contributed by atoms with E-state index in [2.05, 4.69) is 80.9 Å². The summed E-state index contributed by atoms with van der Waals surface area (Å²) in [4.78, 5) is 17.8. The molecule has 1 saturated heterocycles. The highest BCUT2D eigenvalue weighted by molar-refractivity contribution is 5.90. The van der Waals surface area contributed by atoms with Crippen molar-refractivity contribution in [3.63, 3.8) is 0 Å². The van der Waals surface area contributed by atoms with Crippen LogP contribution in [0.15, 0.2) is 96.5 Å². The minimum atomic E-state index is 0.478. The van der Waals surface area contributed by atoms with Gasteiger partial charge in [0.25, 0.3) is 0 Å². The fourth-order valence-electron chi connectivity index (χ4n) is 4.46. The number of piperidine rings is 1. The Morgan fingerprint density at radius 3 is 2.50 bits per heavy atom. The first-order valence-corrected chi connectivity index (χ1v) is 11.1. The van der Waals surface area contributed by atoms with Gasteiger partial charge < -0.3 is 9.80 Å². The number of likely N-dealkylation sites (N-methyl/N-ethyl adjacent to an activating group) is 1. The largest absolute Gasteiger partial charge is 0.342 e. The first kappa shape index (κ1) is 20.2. The van der Waals surface area contributed by atoms with Crippen molar-refractivity contribution in [3.8, 4) is 11.1 Å². The van der Waals surface area contributed by atoms with Crippen LogP contribution in [0.5, 0.6) is 0 Å². The molecule has 3 aromatic rings. The van der Waals surface area contributed by atoms with Crippen molar-refractivity contribution < 1.29 is 0 Å². The number of benzene rings is 2. The molecular weight excluding hydrogens is 394 g/mol. The summed E-state index contributed by atoms with van der Waals surface area (Å²) in [5.41, 5.74) is 6.47. The minimum absolute atomic E-state index is 0.478. The van der Waals surface area contributed by atoms with Gasteiger partial charge in [0.2, 0.25) is 5.96 Å². The molecule has 0 spiro atoms. The summed E-state index contributed by atoms with van der Waals surface area (Å²) < 4.78 is 0. The third-order valence-corrected chi connectivity index (χ3v) is 6.29. The first-order chi connectivity index (χ1) is 15.7. The second-order valence-corrected chi connectivity index (χ2v) is 8.36. The molecule has 0 radical (unpaired) electrons. The molecule has 5 rings (SSSR count). The average Bonchev–Trinajstić information content (AvgIpc) is 2.87. The van der Waals surface area contributed by atoms with Gasteiger partial charge >= 0.3 is 0 Å². The summed E-state index contributed by atoms with van der Waals surface area (Å²) in [6.45, 7) is 6.17. The molecule has 0 amide bonds. The van der Waals surface area contributed by atoms with E-state index in [0.29, 0.717) is 5.92 Å². The molecule has 2 aliphatic rings. The van der Waals surface area contributed by atoms with Crippen LogP contribution < -0.4 is 0 Å². The zero-order valence-electron chi connectivity index (χ0n) is 18.4. The lowest BCUT2D eigenvalue weighted by Gasteiger charge is -2.39. The predicted octanol–water partition coefficient (Wildman–Crippen LogP) is 5.18. The Balaban J connectivity index is 1.37. The monoisotopic (exact) mass is 421 g/mol. The number of aromatic nitrogens is 2. The lowest BCUT2D eigenvalue weighted by atomic mass is 9.89. The Bertz CT molecular complexity index is 1150. The number of aliphatic imine (C=N–C) groups is 1. The van der Waals surface area contributed by atoms with Gasteiger partial charge in [-0.1, -0.05) is 61.2 Å². The van der Waals surface area contributed by atoms with E-state index >= 15 is 0 Å². The summed E-state index contributed by atoms with van der Waals surface area (Å²) in [6, 6.07) is 21.5. The predicted molar refractivity (Wildman–Crippen MR) is 130 cm³/mol. The fourth-order valence-corrected chi connectivity index (χ4v) is 4.46. The van der Waals surface area contributed by atoms with Crippen LogP contribution in [0.1, 0.15) is 30.0 Å². The van der Waals surface area contributed by atoms with Crippen LogP contribution in [-0.4, -0.2) is 45.9 Å². The van der Waals surface area contributed by atoms with Gasteiger partial charge in [-0.15, -0.1) is 0 Å². The summed E-state index contributed by atoms with van der Waals surface area (Å²) in [7, 11) is 2.03. The molecule has 5 heteroatoms. The van der Waals surface area contributed by atoms with E-state index in [0.717, 1.165) is 42.6 Å². The Morgan fingerprint density at radius 2 is 1.75 bits per heavy atom. The molecule has 0 N–H and O–H groups in total. The van der Waals surface area contributed by atoms with Crippen molar-refractivity contribution in [2.75, 3.05) is 20.1 Å². The highest BCUT2D eigenvalue weighted by Crippen LogP contribution is 2.31. The second kappa shape index (κ2) is 8.79. The van der Waals surface area contributed by atoms with Crippen LogP contribution in [-0.2, 0) is 0 Å². The van der Waals surface area contributed by atoms with Gasteiger partial charge in [-0.3, -0.25) is 0 Å². The van der Waals surface area contributed by atoms with Crippen molar-refractivity contribution >= 4 is 11.7 Å². The normalized spacial score (nSPS) is 18.9. The molecule has 5 nitrogen and oxygen atoms in total. The molecule has 1 atom stereocenters. The van der Waals surface area contributed by atoms with Gasteiger partial charge in [0.15, 0.2) is 0 Å². The molecule has 160 valence electrons. The fraction of sp³-hybridized carbons (Fsp3) is 0.222. The molecule has 0 saturated carbocycles. The molecule has 1 unspecified atom stereocenters. The van der Waals surface area contributed by atoms with E-state index in [9.17, 15) is 0 Å². The van der Waals surface area contributed by atoms with Gasteiger partial charge in [-0.2, -0.15) is 0 Å². The van der Waals surface area contributed by atoms with E-state index in [1.54, 1.807) is 12.5 Å². The quantitative estimate of drug-likeness (QED) is 0.585. The van der Waals surface area contributed by atoms with Gasteiger partial charge in [0.05, 0.1) is 11.4 Å². The number of rotatable bonds is 3. The number of hydrogen-bond acceptors (Lipinski definition) is 5. The van der Waals surface area contributed by atoms with E-state index < -0.39 is 0 Å². The smallest absolute Gasteiger partial charge is 0.206 e. The SMILES string of the molecule is C=C1C=C(c2ccncn2)N=C(N2CCCC(c3ccc(-c4ccccc4)cc3)C2)N1C. The standard InChI is InChI=1S/C27H27N5/c1-20-17-26(25-14-15-28-19-29-25)30-27(31(20)2)32-16-6-9-24(18-32)23-12-10-22(11-13-23)21-7-4-3-5-8-21/h3-5,7-8,10-15,17,19,24H,1,6,9,16,18H2,2H3. The van der Waals surface area contributed by atoms with Gasteiger partial charge in [0.1, 0.15) is 6.33 Å². The van der Waals surface area contributed by atoms with Crippen molar-refractivity contribution in [2.24, 2.45) is 4.99 Å². The molecule has 0 bridgehead atoms. The van der Waals surface area contributed by atoms with Crippen LogP contribution in [0.25, 0.3) is 16.8 Å².